The smallest absolute Gasteiger partial charge is 0.234 e. The van der Waals surface area contributed by atoms with Gasteiger partial charge in [-0.3, -0.25) is 4.79 Å². The summed E-state index contributed by atoms with van der Waals surface area (Å²) in [6, 6.07) is 28.4. The van der Waals surface area contributed by atoms with Crippen LogP contribution in [0.2, 0.25) is 0 Å². The van der Waals surface area contributed by atoms with Crippen molar-refractivity contribution in [3.8, 4) is 0 Å². The third-order valence-electron chi connectivity index (χ3n) is 4.36. The van der Waals surface area contributed by atoms with Gasteiger partial charge in [0.05, 0.1) is 12.5 Å². The molecule has 0 saturated carbocycles. The van der Waals surface area contributed by atoms with Gasteiger partial charge in [0, 0.05) is 0 Å². The van der Waals surface area contributed by atoms with Gasteiger partial charge < -0.3 is 10.1 Å². The molecule has 0 aromatic heterocycles. The summed E-state index contributed by atoms with van der Waals surface area (Å²) in [5.74, 6) is -0.876. The average molecular weight is 449 g/mol. The lowest BCUT2D eigenvalue weighted by atomic mass is 9.90. The van der Waals surface area contributed by atoms with E-state index in [0.29, 0.717) is 0 Å². The quantitative estimate of drug-likeness (QED) is 0.364. The van der Waals surface area contributed by atoms with E-state index in [-0.39, 0.29) is 12.5 Å². The van der Waals surface area contributed by atoms with Crippen LogP contribution in [-0.4, -0.2) is 15.9 Å². The Morgan fingerprint density at radius 1 is 0.793 bits per heavy atom. The summed E-state index contributed by atoms with van der Waals surface area (Å²) in [4.78, 5) is 13.2. The van der Waals surface area contributed by atoms with Crippen LogP contribution >= 0.6 is 34.8 Å². The topological polar surface area (TPSA) is 38.3 Å². The van der Waals surface area contributed by atoms with Crippen LogP contribution in [0.5, 0.6) is 0 Å². The van der Waals surface area contributed by atoms with Crippen molar-refractivity contribution in [2.45, 2.75) is 22.5 Å². The van der Waals surface area contributed by atoms with Gasteiger partial charge in [0.25, 0.3) is 0 Å². The molecule has 3 aromatic rings. The van der Waals surface area contributed by atoms with Crippen LogP contribution in [-0.2, 0) is 16.1 Å². The number of hydrogen-bond acceptors (Lipinski definition) is 2. The Balaban J connectivity index is 1.82. The summed E-state index contributed by atoms with van der Waals surface area (Å²) in [7, 11) is 0. The summed E-state index contributed by atoms with van der Waals surface area (Å²) in [5.41, 5.74) is 2.58. The molecule has 0 unspecified atom stereocenters. The molecule has 150 valence electrons. The van der Waals surface area contributed by atoms with E-state index in [4.69, 9.17) is 39.5 Å². The molecule has 1 N–H and O–H groups in total. The zero-order chi connectivity index (χ0) is 20.7. The van der Waals surface area contributed by atoms with Gasteiger partial charge in [-0.05, 0) is 16.7 Å². The summed E-state index contributed by atoms with van der Waals surface area (Å²) < 4.78 is 3.93. The molecule has 3 rings (SSSR count). The van der Waals surface area contributed by atoms with E-state index >= 15 is 0 Å². The number of alkyl halides is 3. The van der Waals surface area contributed by atoms with Gasteiger partial charge in [-0.1, -0.05) is 126 Å². The van der Waals surface area contributed by atoms with Crippen LogP contribution in [0.15, 0.2) is 91.0 Å². The molecule has 0 bridgehead atoms. The average Bonchev–Trinajstić information content (AvgIpc) is 2.73. The highest BCUT2D eigenvalue weighted by Crippen LogP contribution is 2.33. The number of nitrogens with one attached hydrogen (secondary N) is 1. The first-order valence-electron chi connectivity index (χ1n) is 9.07. The van der Waals surface area contributed by atoms with Crippen molar-refractivity contribution in [3.63, 3.8) is 0 Å². The number of halogens is 3. The van der Waals surface area contributed by atoms with E-state index in [1.807, 2.05) is 91.0 Å². The van der Waals surface area contributed by atoms with Crippen LogP contribution in [0, 0.1) is 0 Å². The Morgan fingerprint density at radius 2 is 1.24 bits per heavy atom. The first-order valence-corrected chi connectivity index (χ1v) is 10.2. The van der Waals surface area contributed by atoms with Crippen LogP contribution in [0.4, 0.5) is 0 Å². The van der Waals surface area contributed by atoms with Crippen molar-refractivity contribution in [1.29, 1.82) is 0 Å². The molecule has 6 heteroatoms. The SMILES string of the molecule is O=C(N[C@H](OCc1ccccc1)C(Cl)(Cl)Cl)C(c1ccccc1)c1ccccc1. The zero-order valence-corrected chi connectivity index (χ0v) is 17.7. The van der Waals surface area contributed by atoms with Gasteiger partial charge in [-0.2, -0.15) is 0 Å². The summed E-state index contributed by atoms with van der Waals surface area (Å²) in [5, 5.41) is 2.77. The highest BCUT2D eigenvalue weighted by molar-refractivity contribution is 6.68. The van der Waals surface area contributed by atoms with E-state index in [1.165, 1.54) is 0 Å². The standard InChI is InChI=1S/C23H20Cl3NO2/c24-23(25,26)22(29-16-17-10-4-1-5-11-17)27-21(28)20(18-12-6-2-7-13-18)19-14-8-3-9-15-19/h1-15,20,22H,16H2,(H,27,28)/t22-/m1/s1. The molecular formula is C23H20Cl3NO2. The first-order chi connectivity index (χ1) is 13.9. The van der Waals surface area contributed by atoms with E-state index in [9.17, 15) is 4.79 Å². The van der Waals surface area contributed by atoms with Gasteiger partial charge in [-0.25, -0.2) is 0 Å². The van der Waals surface area contributed by atoms with Gasteiger partial charge in [0.2, 0.25) is 9.70 Å². The highest BCUT2D eigenvalue weighted by atomic mass is 35.6. The predicted octanol–water partition coefficient (Wildman–Crippen LogP) is 5.85. The lowest BCUT2D eigenvalue weighted by Crippen LogP contribution is -2.47. The summed E-state index contributed by atoms with van der Waals surface area (Å²) >= 11 is 18.3. The maximum atomic E-state index is 13.2. The second-order valence-corrected chi connectivity index (χ2v) is 8.85. The van der Waals surface area contributed by atoms with Crippen molar-refractivity contribution in [3.05, 3.63) is 108 Å². The zero-order valence-electron chi connectivity index (χ0n) is 15.5. The second-order valence-electron chi connectivity index (χ2n) is 6.48. The third-order valence-corrected chi connectivity index (χ3v) is 4.95. The predicted molar refractivity (Wildman–Crippen MR) is 118 cm³/mol. The fourth-order valence-corrected chi connectivity index (χ4v) is 3.32. The lowest BCUT2D eigenvalue weighted by molar-refractivity contribution is -0.126. The van der Waals surface area contributed by atoms with Gasteiger partial charge in [0.1, 0.15) is 0 Å². The molecule has 0 aliphatic heterocycles. The van der Waals surface area contributed by atoms with Crippen molar-refractivity contribution >= 4 is 40.7 Å². The molecule has 0 saturated heterocycles. The molecular weight excluding hydrogens is 429 g/mol. The van der Waals surface area contributed by atoms with Crippen LogP contribution in [0.1, 0.15) is 22.6 Å². The molecule has 0 fully saturated rings. The monoisotopic (exact) mass is 447 g/mol. The number of carbonyl (C=O) groups excluding carboxylic acids is 1. The number of rotatable bonds is 7. The second kappa shape index (κ2) is 10.1. The number of hydrogen-bond donors (Lipinski definition) is 1. The molecule has 0 aliphatic rings. The molecule has 1 atom stereocenters. The molecule has 3 nitrogen and oxygen atoms in total. The Bertz CT molecular complexity index is 860. The molecule has 0 spiro atoms. The number of ether oxygens (including phenoxy) is 1. The van der Waals surface area contributed by atoms with E-state index in [2.05, 4.69) is 5.32 Å². The minimum Gasteiger partial charge on any atom is -0.349 e. The van der Waals surface area contributed by atoms with Crippen molar-refractivity contribution in [1.82, 2.24) is 5.32 Å². The Kier molecular flexibility index (Phi) is 7.57. The van der Waals surface area contributed by atoms with Crippen molar-refractivity contribution in [2.24, 2.45) is 0 Å². The first kappa shape index (κ1) is 21.7. The van der Waals surface area contributed by atoms with Gasteiger partial charge in [0.15, 0.2) is 6.23 Å². The minimum absolute atomic E-state index is 0.195. The maximum absolute atomic E-state index is 13.2. The van der Waals surface area contributed by atoms with E-state index in [0.717, 1.165) is 16.7 Å². The van der Waals surface area contributed by atoms with Crippen LogP contribution in [0.25, 0.3) is 0 Å². The lowest BCUT2D eigenvalue weighted by Gasteiger charge is -2.28. The highest BCUT2D eigenvalue weighted by Gasteiger charge is 2.37. The Labute approximate surface area is 185 Å². The van der Waals surface area contributed by atoms with Gasteiger partial charge >= 0.3 is 0 Å². The molecule has 29 heavy (non-hydrogen) atoms. The largest absolute Gasteiger partial charge is 0.349 e. The van der Waals surface area contributed by atoms with Gasteiger partial charge in [-0.15, -0.1) is 0 Å². The normalized spacial score (nSPS) is 12.6. The Hall–Kier alpha value is -2.04. The number of benzene rings is 3. The minimum atomic E-state index is -1.83. The van der Waals surface area contributed by atoms with Crippen molar-refractivity contribution < 1.29 is 9.53 Å². The molecule has 0 radical (unpaired) electrons. The van der Waals surface area contributed by atoms with Crippen LogP contribution < -0.4 is 5.32 Å². The molecule has 0 aliphatic carbocycles. The molecule has 0 heterocycles. The number of amides is 1. The fraction of sp³-hybridized carbons (Fsp3) is 0.174. The van der Waals surface area contributed by atoms with E-state index < -0.39 is 15.9 Å². The summed E-state index contributed by atoms with van der Waals surface area (Å²) in [6.45, 7) is 0.195. The van der Waals surface area contributed by atoms with E-state index in [1.54, 1.807) is 0 Å². The Morgan fingerprint density at radius 3 is 1.69 bits per heavy atom. The molecule has 3 aromatic carbocycles. The number of carbonyl (C=O) groups is 1. The molecule has 1 amide bonds. The maximum Gasteiger partial charge on any atom is 0.234 e. The van der Waals surface area contributed by atoms with Crippen LogP contribution in [0.3, 0.4) is 0 Å². The summed E-state index contributed by atoms with van der Waals surface area (Å²) in [6.07, 6.45) is -1.12. The fourth-order valence-electron chi connectivity index (χ4n) is 2.97. The van der Waals surface area contributed by atoms with Crippen molar-refractivity contribution in [2.75, 3.05) is 0 Å². The third kappa shape index (κ3) is 6.22.